The molecule has 1 aliphatic rings. The Kier molecular flexibility index (Phi) is 10.2. The molecule has 0 spiro atoms. The normalized spacial score (nSPS) is 16.6. The first-order valence-electron chi connectivity index (χ1n) is 8.88. The van der Waals surface area contributed by atoms with Crippen LogP contribution < -0.4 is 15.4 Å². The fraction of sp³-hybridized carbons (Fsp3) is 0.611. The molecule has 1 aliphatic heterocycles. The molecule has 1 aromatic rings. The third-order valence-corrected chi connectivity index (χ3v) is 4.25. The maximum absolute atomic E-state index is 12.5. The van der Waals surface area contributed by atoms with Gasteiger partial charge in [0, 0.05) is 32.2 Å². The lowest BCUT2D eigenvalue weighted by atomic mass is 10.1. The summed E-state index contributed by atoms with van der Waals surface area (Å²) in [5.74, 6) is 0.804. The molecule has 5 nitrogen and oxygen atoms in total. The molecular formula is C18H28F3IN4O. The van der Waals surface area contributed by atoms with Crippen molar-refractivity contribution in [2.75, 3.05) is 33.2 Å². The molecule has 1 heterocycles. The number of ether oxygens (including phenoxy) is 1. The van der Waals surface area contributed by atoms with Crippen LogP contribution in [0.4, 0.5) is 13.2 Å². The molecule has 1 saturated heterocycles. The molecule has 0 aliphatic carbocycles. The van der Waals surface area contributed by atoms with Crippen molar-refractivity contribution in [2.45, 2.75) is 32.7 Å². The molecule has 0 saturated carbocycles. The minimum Gasteiger partial charge on any atom is -0.405 e. The van der Waals surface area contributed by atoms with E-state index in [1.165, 1.54) is 25.0 Å². The lowest BCUT2D eigenvalue weighted by Gasteiger charge is -2.21. The number of guanidine groups is 1. The third kappa shape index (κ3) is 9.00. The first-order chi connectivity index (χ1) is 12.4. The molecule has 0 aromatic heterocycles. The smallest absolute Gasteiger partial charge is 0.405 e. The predicted octanol–water partition coefficient (Wildman–Crippen LogP) is 3.60. The maximum Gasteiger partial charge on any atom is 0.573 e. The van der Waals surface area contributed by atoms with Gasteiger partial charge in [0.25, 0.3) is 0 Å². The van der Waals surface area contributed by atoms with Crippen LogP contribution >= 0.6 is 24.0 Å². The lowest BCUT2D eigenvalue weighted by Crippen LogP contribution is -2.41. The van der Waals surface area contributed by atoms with E-state index < -0.39 is 6.36 Å². The van der Waals surface area contributed by atoms with E-state index in [1.54, 1.807) is 19.2 Å². The first kappa shape index (κ1) is 23.8. The van der Waals surface area contributed by atoms with Crippen LogP contribution in [0.25, 0.3) is 0 Å². The maximum atomic E-state index is 12.5. The highest BCUT2D eigenvalue weighted by atomic mass is 127. The van der Waals surface area contributed by atoms with Crippen molar-refractivity contribution in [3.63, 3.8) is 0 Å². The molecule has 2 N–H and O–H groups in total. The average Bonchev–Trinajstić information content (AvgIpc) is 3.08. The number of benzene rings is 1. The summed E-state index contributed by atoms with van der Waals surface area (Å²) in [6.07, 6.45) is -2.17. The Morgan fingerprint density at radius 2 is 1.89 bits per heavy atom. The van der Waals surface area contributed by atoms with E-state index in [0.29, 0.717) is 17.4 Å². The second-order valence-electron chi connectivity index (χ2n) is 6.58. The van der Waals surface area contributed by atoms with Gasteiger partial charge in [0.1, 0.15) is 5.75 Å². The van der Waals surface area contributed by atoms with Gasteiger partial charge in [-0.3, -0.25) is 4.99 Å². The van der Waals surface area contributed by atoms with E-state index in [2.05, 4.69) is 32.2 Å². The Labute approximate surface area is 175 Å². The molecule has 154 valence electrons. The summed E-state index contributed by atoms with van der Waals surface area (Å²) >= 11 is 0. The molecule has 1 fully saturated rings. The number of nitrogens with one attached hydrogen (secondary N) is 2. The molecule has 27 heavy (non-hydrogen) atoms. The number of halogens is 4. The number of para-hydroxylation sites is 1. The number of hydrogen-bond acceptors (Lipinski definition) is 3. The largest absolute Gasteiger partial charge is 0.573 e. The minimum atomic E-state index is -4.71. The molecule has 0 bridgehead atoms. The van der Waals surface area contributed by atoms with Gasteiger partial charge in [0.15, 0.2) is 5.96 Å². The number of likely N-dealkylation sites (tertiary alicyclic amines) is 1. The number of hydrogen-bond donors (Lipinski definition) is 2. The standard InChI is InChI=1S/C18H27F3N4O.HI/c1-14(13-25-9-5-6-10-25)11-23-17(22-2)24-12-15-7-3-4-8-16(15)26-18(19,20)21;/h3-4,7-8,14H,5-6,9-13H2,1-2H3,(H2,22,23,24);1H. The van der Waals surface area contributed by atoms with E-state index in [0.717, 1.165) is 26.2 Å². The summed E-state index contributed by atoms with van der Waals surface area (Å²) in [5, 5.41) is 6.27. The number of nitrogens with zero attached hydrogens (tertiary/aromatic N) is 2. The zero-order chi connectivity index (χ0) is 19.0. The van der Waals surface area contributed by atoms with Crippen LogP contribution in [0.1, 0.15) is 25.3 Å². The van der Waals surface area contributed by atoms with Crippen molar-refractivity contribution >= 4 is 29.9 Å². The zero-order valence-electron chi connectivity index (χ0n) is 15.7. The van der Waals surface area contributed by atoms with Crippen LogP contribution in [0.3, 0.4) is 0 Å². The monoisotopic (exact) mass is 500 g/mol. The predicted molar refractivity (Wildman–Crippen MR) is 112 cm³/mol. The van der Waals surface area contributed by atoms with Crippen molar-refractivity contribution in [3.05, 3.63) is 29.8 Å². The fourth-order valence-electron chi connectivity index (χ4n) is 3.02. The van der Waals surface area contributed by atoms with E-state index in [4.69, 9.17) is 0 Å². The molecule has 1 aromatic carbocycles. The Morgan fingerprint density at radius 3 is 2.52 bits per heavy atom. The van der Waals surface area contributed by atoms with Crippen LogP contribution in [0, 0.1) is 5.92 Å². The highest BCUT2D eigenvalue weighted by Crippen LogP contribution is 2.26. The fourth-order valence-corrected chi connectivity index (χ4v) is 3.02. The number of alkyl halides is 3. The van der Waals surface area contributed by atoms with Gasteiger partial charge in [0.05, 0.1) is 0 Å². The van der Waals surface area contributed by atoms with Crippen LogP contribution in [-0.2, 0) is 6.54 Å². The second kappa shape index (κ2) is 11.6. The first-order valence-corrected chi connectivity index (χ1v) is 8.88. The highest BCUT2D eigenvalue weighted by Gasteiger charge is 2.31. The quantitative estimate of drug-likeness (QED) is 0.342. The van der Waals surface area contributed by atoms with E-state index in [9.17, 15) is 13.2 Å². The topological polar surface area (TPSA) is 48.9 Å². The van der Waals surface area contributed by atoms with Gasteiger partial charge in [-0.2, -0.15) is 0 Å². The molecule has 0 amide bonds. The third-order valence-electron chi connectivity index (χ3n) is 4.25. The lowest BCUT2D eigenvalue weighted by molar-refractivity contribution is -0.274. The summed E-state index contributed by atoms with van der Waals surface area (Å²) in [7, 11) is 1.64. The van der Waals surface area contributed by atoms with Gasteiger partial charge < -0.3 is 20.3 Å². The number of rotatable bonds is 7. The molecule has 2 rings (SSSR count). The van der Waals surface area contributed by atoms with Gasteiger partial charge in [-0.1, -0.05) is 25.1 Å². The van der Waals surface area contributed by atoms with Crippen LogP contribution in [-0.4, -0.2) is 50.4 Å². The number of aliphatic imine (C=N–C) groups is 1. The van der Waals surface area contributed by atoms with Crippen molar-refractivity contribution in [1.82, 2.24) is 15.5 Å². The van der Waals surface area contributed by atoms with Crippen molar-refractivity contribution in [1.29, 1.82) is 0 Å². The SMILES string of the molecule is CN=C(NCc1ccccc1OC(F)(F)F)NCC(C)CN1CCCC1.I. The van der Waals surface area contributed by atoms with Crippen LogP contribution in [0.2, 0.25) is 0 Å². The minimum absolute atomic E-state index is 0. The van der Waals surface area contributed by atoms with Crippen LogP contribution in [0.15, 0.2) is 29.3 Å². The van der Waals surface area contributed by atoms with Crippen LogP contribution in [0.5, 0.6) is 5.75 Å². The van der Waals surface area contributed by atoms with Gasteiger partial charge in [0.2, 0.25) is 0 Å². The molecule has 1 atom stereocenters. The van der Waals surface area contributed by atoms with Gasteiger partial charge >= 0.3 is 6.36 Å². The average molecular weight is 500 g/mol. The van der Waals surface area contributed by atoms with E-state index in [-0.39, 0.29) is 36.3 Å². The molecule has 1 unspecified atom stereocenters. The molecule has 0 radical (unpaired) electrons. The van der Waals surface area contributed by atoms with Gasteiger partial charge in [-0.25, -0.2) is 0 Å². The van der Waals surface area contributed by atoms with Gasteiger partial charge in [-0.15, -0.1) is 37.1 Å². The Morgan fingerprint density at radius 1 is 1.22 bits per heavy atom. The second-order valence-corrected chi connectivity index (χ2v) is 6.58. The van der Waals surface area contributed by atoms with Crippen molar-refractivity contribution < 1.29 is 17.9 Å². The highest BCUT2D eigenvalue weighted by molar-refractivity contribution is 14.0. The summed E-state index contributed by atoms with van der Waals surface area (Å²) in [5.41, 5.74) is 0.415. The Hall–Kier alpha value is -1.23. The summed E-state index contributed by atoms with van der Waals surface area (Å²) < 4.78 is 41.5. The zero-order valence-corrected chi connectivity index (χ0v) is 18.0. The van der Waals surface area contributed by atoms with Crippen molar-refractivity contribution in [3.8, 4) is 5.75 Å². The van der Waals surface area contributed by atoms with Gasteiger partial charge in [-0.05, 0) is 37.9 Å². The van der Waals surface area contributed by atoms with Crippen molar-refractivity contribution in [2.24, 2.45) is 10.9 Å². The molecular weight excluding hydrogens is 472 g/mol. The Balaban J connectivity index is 0.00000364. The summed E-state index contributed by atoms with van der Waals surface area (Å²) in [6, 6.07) is 6.09. The Bertz CT molecular complexity index is 592. The molecule has 9 heteroatoms. The van der Waals surface area contributed by atoms with E-state index in [1.807, 2.05) is 0 Å². The summed E-state index contributed by atoms with van der Waals surface area (Å²) in [6.45, 7) is 6.46. The van der Waals surface area contributed by atoms with E-state index >= 15 is 0 Å². The summed E-state index contributed by atoms with van der Waals surface area (Å²) in [4.78, 5) is 6.58.